The van der Waals surface area contributed by atoms with Gasteiger partial charge >= 0.3 is 0 Å². The maximum atomic E-state index is 12.7. The number of nitrogens with zero attached hydrogens (tertiary/aromatic N) is 3. The molecule has 6 heteroatoms. The predicted octanol–water partition coefficient (Wildman–Crippen LogP) is 3.64. The van der Waals surface area contributed by atoms with Gasteiger partial charge in [0.25, 0.3) is 5.56 Å². The Kier molecular flexibility index (Phi) is 6.82. The number of hydrogen-bond acceptors (Lipinski definition) is 4. The van der Waals surface area contributed by atoms with Gasteiger partial charge in [-0.05, 0) is 29.3 Å². The molecular weight excluding hydrogens is 400 g/mol. The molecule has 32 heavy (non-hydrogen) atoms. The van der Waals surface area contributed by atoms with Crippen LogP contribution in [-0.4, -0.2) is 27.2 Å². The van der Waals surface area contributed by atoms with E-state index in [9.17, 15) is 9.59 Å². The minimum atomic E-state index is -0.210. The summed E-state index contributed by atoms with van der Waals surface area (Å²) < 4.78 is 1.37. The molecule has 0 atom stereocenters. The number of pyridine rings is 1. The summed E-state index contributed by atoms with van der Waals surface area (Å²) in [5, 5.41) is 7.34. The summed E-state index contributed by atoms with van der Waals surface area (Å²) in [4.78, 5) is 29.0. The fourth-order valence-electron chi connectivity index (χ4n) is 3.63. The maximum Gasteiger partial charge on any atom is 0.266 e. The van der Waals surface area contributed by atoms with E-state index in [1.807, 2.05) is 72.8 Å². The van der Waals surface area contributed by atoms with Gasteiger partial charge in [-0.2, -0.15) is 5.10 Å². The molecule has 4 aromatic rings. The third kappa shape index (κ3) is 5.35. The Morgan fingerprint density at radius 2 is 1.56 bits per heavy atom. The normalized spacial score (nSPS) is 10.8. The Hall–Kier alpha value is -4.06. The molecule has 0 spiro atoms. The smallest absolute Gasteiger partial charge is 0.266 e. The van der Waals surface area contributed by atoms with Gasteiger partial charge in [-0.25, -0.2) is 4.68 Å². The van der Waals surface area contributed by atoms with Crippen molar-refractivity contribution in [3.63, 3.8) is 0 Å². The average molecular weight is 425 g/mol. The van der Waals surface area contributed by atoms with E-state index in [0.29, 0.717) is 25.2 Å². The molecule has 2 aromatic carbocycles. The van der Waals surface area contributed by atoms with Crippen LogP contribution in [0.4, 0.5) is 0 Å². The minimum absolute atomic E-state index is 0.0350. The van der Waals surface area contributed by atoms with E-state index in [-0.39, 0.29) is 17.4 Å². The highest BCUT2D eigenvalue weighted by Gasteiger charge is 2.18. The molecule has 0 aliphatic carbocycles. The molecule has 4 rings (SSSR count). The van der Waals surface area contributed by atoms with Gasteiger partial charge in [-0.1, -0.05) is 60.7 Å². The van der Waals surface area contributed by atoms with Crippen molar-refractivity contribution in [3.8, 4) is 11.3 Å². The van der Waals surface area contributed by atoms with Crippen LogP contribution in [-0.2, 0) is 11.3 Å². The number of benzene rings is 2. The first-order valence-electron chi connectivity index (χ1n) is 10.6. The Bertz CT molecular complexity index is 1170. The zero-order valence-electron chi connectivity index (χ0n) is 17.6. The minimum Gasteiger partial charge on any atom is -0.354 e. The van der Waals surface area contributed by atoms with Gasteiger partial charge in [-0.15, -0.1) is 0 Å². The van der Waals surface area contributed by atoms with Crippen LogP contribution in [0.1, 0.15) is 23.5 Å². The highest BCUT2D eigenvalue weighted by atomic mass is 16.1. The van der Waals surface area contributed by atoms with Crippen molar-refractivity contribution in [2.45, 2.75) is 18.9 Å². The first kappa shape index (κ1) is 21.2. The molecule has 0 aliphatic heterocycles. The maximum absolute atomic E-state index is 12.7. The molecule has 0 aliphatic rings. The molecule has 160 valence electrons. The Morgan fingerprint density at radius 3 is 2.19 bits per heavy atom. The number of aromatic nitrogens is 3. The average Bonchev–Trinajstić information content (AvgIpc) is 2.85. The monoisotopic (exact) mass is 424 g/mol. The van der Waals surface area contributed by atoms with Crippen LogP contribution in [0, 0.1) is 0 Å². The SMILES string of the molecule is O=C(CC(c1ccccc1)c1ccccc1)NCCn1nc(-c2cccnc2)ccc1=O. The van der Waals surface area contributed by atoms with E-state index in [1.165, 1.54) is 10.7 Å². The second-order valence-corrected chi connectivity index (χ2v) is 7.45. The van der Waals surface area contributed by atoms with Crippen LogP contribution in [0.2, 0.25) is 0 Å². The molecule has 2 aromatic heterocycles. The van der Waals surface area contributed by atoms with Gasteiger partial charge in [0.05, 0.1) is 12.2 Å². The van der Waals surface area contributed by atoms with E-state index in [4.69, 9.17) is 0 Å². The second kappa shape index (κ2) is 10.3. The van der Waals surface area contributed by atoms with E-state index >= 15 is 0 Å². The second-order valence-electron chi connectivity index (χ2n) is 7.45. The number of carbonyl (C=O) groups excluding carboxylic acids is 1. The third-order valence-corrected chi connectivity index (χ3v) is 5.26. The zero-order chi connectivity index (χ0) is 22.2. The lowest BCUT2D eigenvalue weighted by Gasteiger charge is -2.18. The number of carbonyl (C=O) groups is 1. The van der Waals surface area contributed by atoms with Crippen molar-refractivity contribution in [1.82, 2.24) is 20.1 Å². The molecule has 0 fully saturated rings. The number of nitrogens with one attached hydrogen (secondary N) is 1. The van der Waals surface area contributed by atoms with Gasteiger partial charge in [0, 0.05) is 42.9 Å². The summed E-state index contributed by atoms with van der Waals surface area (Å²) in [6.07, 6.45) is 3.71. The van der Waals surface area contributed by atoms with Crippen LogP contribution in [0.3, 0.4) is 0 Å². The Balaban J connectivity index is 1.41. The van der Waals surface area contributed by atoms with Crippen molar-refractivity contribution >= 4 is 5.91 Å². The topological polar surface area (TPSA) is 76.9 Å². The van der Waals surface area contributed by atoms with Crippen molar-refractivity contribution in [2.24, 2.45) is 0 Å². The summed E-state index contributed by atoms with van der Waals surface area (Å²) in [5.74, 6) is -0.105. The largest absolute Gasteiger partial charge is 0.354 e. The van der Waals surface area contributed by atoms with E-state index in [1.54, 1.807) is 18.5 Å². The van der Waals surface area contributed by atoms with Crippen LogP contribution in [0.5, 0.6) is 0 Å². The fourth-order valence-corrected chi connectivity index (χ4v) is 3.63. The van der Waals surface area contributed by atoms with E-state index < -0.39 is 0 Å². The molecule has 0 saturated carbocycles. The number of amides is 1. The van der Waals surface area contributed by atoms with Crippen LogP contribution in [0.25, 0.3) is 11.3 Å². The standard InChI is InChI=1S/C26H24N4O2/c31-25(18-23(20-8-3-1-4-9-20)21-10-5-2-6-11-21)28-16-17-30-26(32)14-13-24(29-30)22-12-7-15-27-19-22/h1-15,19,23H,16-18H2,(H,28,31). The molecule has 0 unspecified atom stereocenters. The van der Waals surface area contributed by atoms with Gasteiger partial charge < -0.3 is 5.32 Å². The lowest BCUT2D eigenvalue weighted by atomic mass is 9.88. The number of hydrogen-bond donors (Lipinski definition) is 1. The van der Waals surface area contributed by atoms with Gasteiger partial charge in [0.1, 0.15) is 0 Å². The van der Waals surface area contributed by atoms with E-state index in [0.717, 1.165) is 16.7 Å². The summed E-state index contributed by atoms with van der Waals surface area (Å²) in [7, 11) is 0. The predicted molar refractivity (Wildman–Crippen MR) is 124 cm³/mol. The van der Waals surface area contributed by atoms with Crippen LogP contribution >= 0.6 is 0 Å². The molecule has 2 heterocycles. The molecular formula is C26H24N4O2. The molecule has 1 N–H and O–H groups in total. The summed E-state index contributed by atoms with van der Waals surface area (Å²) in [6.45, 7) is 0.610. The molecule has 6 nitrogen and oxygen atoms in total. The Labute approximate surface area is 186 Å². The van der Waals surface area contributed by atoms with Crippen molar-refractivity contribution in [3.05, 3.63) is 119 Å². The van der Waals surface area contributed by atoms with E-state index in [2.05, 4.69) is 15.4 Å². The van der Waals surface area contributed by atoms with Gasteiger partial charge in [-0.3, -0.25) is 14.6 Å². The fraction of sp³-hybridized carbons (Fsp3) is 0.154. The van der Waals surface area contributed by atoms with Gasteiger partial charge in [0.2, 0.25) is 5.91 Å². The number of rotatable bonds is 8. The molecule has 0 saturated heterocycles. The zero-order valence-corrected chi connectivity index (χ0v) is 17.6. The molecule has 0 bridgehead atoms. The molecule has 1 amide bonds. The van der Waals surface area contributed by atoms with Crippen molar-refractivity contribution in [1.29, 1.82) is 0 Å². The summed E-state index contributed by atoms with van der Waals surface area (Å²) >= 11 is 0. The Morgan fingerprint density at radius 1 is 0.875 bits per heavy atom. The first-order valence-corrected chi connectivity index (χ1v) is 10.6. The third-order valence-electron chi connectivity index (χ3n) is 5.26. The summed E-state index contributed by atoms with van der Waals surface area (Å²) in [5.41, 5.74) is 3.47. The molecule has 0 radical (unpaired) electrons. The highest BCUT2D eigenvalue weighted by molar-refractivity contribution is 5.77. The van der Waals surface area contributed by atoms with Gasteiger partial charge in [0.15, 0.2) is 0 Å². The quantitative estimate of drug-likeness (QED) is 0.468. The summed E-state index contributed by atoms with van der Waals surface area (Å²) in [6, 6.07) is 26.9. The van der Waals surface area contributed by atoms with Crippen molar-refractivity contribution < 1.29 is 4.79 Å². The van der Waals surface area contributed by atoms with Crippen LogP contribution in [0.15, 0.2) is 102 Å². The van der Waals surface area contributed by atoms with Crippen molar-refractivity contribution in [2.75, 3.05) is 6.54 Å². The first-order chi connectivity index (χ1) is 15.7. The highest BCUT2D eigenvalue weighted by Crippen LogP contribution is 2.27. The lowest BCUT2D eigenvalue weighted by Crippen LogP contribution is -2.32. The lowest BCUT2D eigenvalue weighted by molar-refractivity contribution is -0.121. The van der Waals surface area contributed by atoms with Crippen LogP contribution < -0.4 is 10.9 Å².